The molecule has 2 amide bonds. The van der Waals surface area contributed by atoms with Crippen molar-refractivity contribution < 1.29 is 29.5 Å². The quantitative estimate of drug-likeness (QED) is 0.100. The molecule has 0 bridgehead atoms. The average Bonchev–Trinajstić information content (AvgIpc) is 2.75. The number of nitrogens with one attached hydrogen (secondary N) is 3. The van der Waals surface area contributed by atoms with Crippen molar-refractivity contribution >= 4 is 41.2 Å². The number of amides is 2. The molecule has 0 spiro atoms. The first-order valence-corrected chi connectivity index (χ1v) is 9.10. The van der Waals surface area contributed by atoms with Crippen molar-refractivity contribution in [2.45, 2.75) is 12.8 Å². The standard InChI is InChI=1S/C19H20N6O7/c20-23-10-22-13-3-1-2-12(6-13)19(30)21-9-17(27)24-14-8-16(26)11(4-5-18(28)29)7-15(14)25(31)32/h1-3,6-8,10,26H,4-5,9,20H2,(H,21,30)(H,22,23)(H,24,27)(H,28,29). The number of carboxylic acids is 1. The topological polar surface area (TPSA) is 209 Å². The number of aryl methyl sites for hydroxylation is 1. The second kappa shape index (κ2) is 11.0. The van der Waals surface area contributed by atoms with E-state index in [-0.39, 0.29) is 29.7 Å². The highest BCUT2D eigenvalue weighted by Crippen LogP contribution is 2.32. The Morgan fingerprint density at radius 2 is 1.97 bits per heavy atom. The van der Waals surface area contributed by atoms with Gasteiger partial charge in [0.05, 0.1) is 17.2 Å². The van der Waals surface area contributed by atoms with E-state index in [1.807, 2.05) is 0 Å². The fraction of sp³-hybridized carbons (Fsp3) is 0.158. The third-order valence-corrected chi connectivity index (χ3v) is 4.08. The molecule has 0 aliphatic rings. The van der Waals surface area contributed by atoms with Crippen LogP contribution in [0.5, 0.6) is 5.75 Å². The van der Waals surface area contributed by atoms with Gasteiger partial charge in [-0.15, -0.1) is 0 Å². The molecule has 0 radical (unpaired) electrons. The Kier molecular flexibility index (Phi) is 8.19. The second-order valence-electron chi connectivity index (χ2n) is 6.35. The Labute approximate surface area is 181 Å². The van der Waals surface area contributed by atoms with Gasteiger partial charge in [-0.3, -0.25) is 24.5 Å². The number of aliphatic imine (C=N–C) groups is 1. The maximum Gasteiger partial charge on any atom is 0.303 e. The van der Waals surface area contributed by atoms with Crippen molar-refractivity contribution in [3.8, 4) is 5.75 Å². The summed E-state index contributed by atoms with van der Waals surface area (Å²) < 4.78 is 0. The number of carbonyl (C=O) groups is 3. The van der Waals surface area contributed by atoms with Gasteiger partial charge in [0.25, 0.3) is 11.6 Å². The molecular formula is C19H20N6O7. The van der Waals surface area contributed by atoms with E-state index < -0.39 is 40.7 Å². The first-order chi connectivity index (χ1) is 15.2. The van der Waals surface area contributed by atoms with E-state index in [4.69, 9.17) is 10.9 Å². The highest BCUT2D eigenvalue weighted by molar-refractivity contribution is 6.00. The lowest BCUT2D eigenvalue weighted by Gasteiger charge is -2.10. The van der Waals surface area contributed by atoms with Gasteiger partial charge in [0.15, 0.2) is 0 Å². The number of nitrogens with two attached hydrogens (primary N) is 1. The number of hydrazine groups is 1. The lowest BCUT2D eigenvalue weighted by Crippen LogP contribution is -2.33. The number of rotatable bonds is 10. The van der Waals surface area contributed by atoms with Crippen LogP contribution in [0.1, 0.15) is 22.3 Å². The first-order valence-electron chi connectivity index (χ1n) is 9.10. The number of nitro groups is 1. The highest BCUT2D eigenvalue weighted by atomic mass is 16.6. The summed E-state index contributed by atoms with van der Waals surface area (Å²) in [5, 5.41) is 34.7. The molecule has 13 nitrogen and oxygen atoms in total. The van der Waals surface area contributed by atoms with Gasteiger partial charge < -0.3 is 26.3 Å². The van der Waals surface area contributed by atoms with E-state index in [1.165, 1.54) is 18.5 Å². The maximum atomic E-state index is 12.2. The van der Waals surface area contributed by atoms with Crippen LogP contribution in [0.2, 0.25) is 0 Å². The average molecular weight is 444 g/mol. The van der Waals surface area contributed by atoms with Crippen LogP contribution in [-0.2, 0) is 16.0 Å². The monoisotopic (exact) mass is 444 g/mol. The summed E-state index contributed by atoms with van der Waals surface area (Å²) in [6.45, 7) is -0.505. The molecule has 2 rings (SSSR count). The molecule has 168 valence electrons. The normalized spacial score (nSPS) is 10.5. The van der Waals surface area contributed by atoms with E-state index in [0.29, 0.717) is 5.69 Å². The van der Waals surface area contributed by atoms with Crippen molar-refractivity contribution in [3.05, 3.63) is 57.6 Å². The van der Waals surface area contributed by atoms with Crippen molar-refractivity contribution in [1.82, 2.24) is 10.7 Å². The Hall–Kier alpha value is -4.52. The van der Waals surface area contributed by atoms with Crippen LogP contribution in [-0.4, -0.2) is 45.8 Å². The summed E-state index contributed by atoms with van der Waals surface area (Å²) in [4.78, 5) is 49.6. The molecule has 2 aromatic carbocycles. The van der Waals surface area contributed by atoms with Gasteiger partial charge in [0.2, 0.25) is 5.91 Å². The van der Waals surface area contributed by atoms with E-state index in [0.717, 1.165) is 12.1 Å². The number of anilines is 1. The predicted octanol–water partition coefficient (Wildman–Crippen LogP) is 0.809. The van der Waals surface area contributed by atoms with Gasteiger partial charge in [-0.05, 0) is 24.6 Å². The van der Waals surface area contributed by atoms with Crippen LogP contribution in [0.15, 0.2) is 41.4 Å². The number of benzene rings is 2. The third kappa shape index (κ3) is 6.77. The molecule has 13 heteroatoms. The fourth-order valence-corrected chi connectivity index (χ4v) is 2.61. The molecule has 0 saturated heterocycles. The first kappa shape index (κ1) is 23.8. The number of carbonyl (C=O) groups excluding carboxylic acids is 2. The van der Waals surface area contributed by atoms with Crippen LogP contribution in [0, 0.1) is 10.1 Å². The number of nitro benzene ring substituents is 1. The molecule has 0 fully saturated rings. The van der Waals surface area contributed by atoms with Gasteiger partial charge in [0.1, 0.15) is 17.8 Å². The third-order valence-electron chi connectivity index (χ3n) is 4.08. The largest absolute Gasteiger partial charge is 0.508 e. The smallest absolute Gasteiger partial charge is 0.303 e. The maximum absolute atomic E-state index is 12.2. The summed E-state index contributed by atoms with van der Waals surface area (Å²) in [5.41, 5.74) is 2.11. The van der Waals surface area contributed by atoms with E-state index in [9.17, 15) is 29.6 Å². The van der Waals surface area contributed by atoms with Crippen molar-refractivity contribution in [1.29, 1.82) is 0 Å². The molecule has 2 aromatic rings. The van der Waals surface area contributed by atoms with Gasteiger partial charge in [-0.2, -0.15) is 0 Å². The van der Waals surface area contributed by atoms with Crippen LogP contribution in [0.25, 0.3) is 0 Å². The van der Waals surface area contributed by atoms with E-state index >= 15 is 0 Å². The molecule has 32 heavy (non-hydrogen) atoms. The summed E-state index contributed by atoms with van der Waals surface area (Å²) >= 11 is 0. The Morgan fingerprint density at radius 3 is 2.62 bits per heavy atom. The lowest BCUT2D eigenvalue weighted by atomic mass is 10.1. The number of hydrogen-bond acceptors (Lipinski definition) is 8. The minimum Gasteiger partial charge on any atom is -0.508 e. The van der Waals surface area contributed by atoms with Crippen molar-refractivity contribution in [2.24, 2.45) is 10.8 Å². The Balaban J connectivity index is 2.06. The molecule has 0 aromatic heterocycles. The van der Waals surface area contributed by atoms with E-state index in [1.54, 1.807) is 12.1 Å². The number of aromatic hydroxyl groups is 1. The minimum atomic E-state index is -1.13. The number of phenolic OH excluding ortho intramolecular Hbond substituents is 1. The molecule has 0 saturated carbocycles. The van der Waals surface area contributed by atoms with Gasteiger partial charge in [-0.25, -0.2) is 10.8 Å². The van der Waals surface area contributed by atoms with Crippen molar-refractivity contribution in [2.75, 3.05) is 11.9 Å². The number of carboxylic acid groups (broad SMARTS) is 1. The van der Waals surface area contributed by atoms with Crippen LogP contribution >= 0.6 is 0 Å². The van der Waals surface area contributed by atoms with Crippen molar-refractivity contribution in [3.63, 3.8) is 0 Å². The molecule has 0 atom stereocenters. The summed E-state index contributed by atoms with van der Waals surface area (Å²) in [7, 11) is 0. The number of aliphatic carboxylic acids is 1. The molecule has 0 aliphatic heterocycles. The van der Waals surface area contributed by atoms with Gasteiger partial charge in [0, 0.05) is 29.7 Å². The Bertz CT molecular complexity index is 1070. The molecule has 0 unspecified atom stereocenters. The fourth-order valence-electron chi connectivity index (χ4n) is 2.61. The van der Waals surface area contributed by atoms with Crippen LogP contribution < -0.4 is 21.9 Å². The lowest BCUT2D eigenvalue weighted by molar-refractivity contribution is -0.384. The number of hydrogen-bond donors (Lipinski definition) is 6. The molecule has 0 heterocycles. The van der Waals surface area contributed by atoms with Crippen LogP contribution in [0.4, 0.5) is 17.1 Å². The second-order valence-corrected chi connectivity index (χ2v) is 6.35. The zero-order chi connectivity index (χ0) is 23.7. The Morgan fingerprint density at radius 1 is 1.22 bits per heavy atom. The van der Waals surface area contributed by atoms with Crippen LogP contribution in [0.3, 0.4) is 0 Å². The van der Waals surface area contributed by atoms with Gasteiger partial charge >= 0.3 is 5.97 Å². The highest BCUT2D eigenvalue weighted by Gasteiger charge is 2.20. The van der Waals surface area contributed by atoms with Gasteiger partial charge in [-0.1, -0.05) is 6.07 Å². The summed E-state index contributed by atoms with van der Waals surface area (Å²) in [6.07, 6.45) is 0.758. The summed E-state index contributed by atoms with van der Waals surface area (Å²) in [5.74, 6) is 2.19. The minimum absolute atomic E-state index is 0.0535. The molecular weight excluding hydrogens is 424 g/mol. The number of phenols is 1. The predicted molar refractivity (Wildman–Crippen MR) is 114 cm³/mol. The SMILES string of the molecule is NNC=Nc1cccc(C(=O)NCC(=O)Nc2cc(O)c(CCC(=O)O)cc2[N+](=O)[O-])c1. The summed E-state index contributed by atoms with van der Waals surface area (Å²) in [6, 6.07) is 8.12. The van der Waals surface area contributed by atoms with E-state index in [2.05, 4.69) is 21.1 Å². The molecule has 7 N–H and O–H groups in total. The molecule has 0 aliphatic carbocycles. The zero-order valence-electron chi connectivity index (χ0n) is 16.6. The zero-order valence-corrected chi connectivity index (χ0v) is 16.6. The number of nitrogens with zero attached hydrogens (tertiary/aromatic N) is 2.